The van der Waals surface area contributed by atoms with Gasteiger partial charge in [0, 0.05) is 17.0 Å². The third kappa shape index (κ3) is 3.29. The van der Waals surface area contributed by atoms with E-state index in [4.69, 9.17) is 21.1 Å². The first-order valence-corrected chi connectivity index (χ1v) is 7.02. The van der Waals surface area contributed by atoms with Gasteiger partial charge < -0.3 is 9.47 Å². The largest absolute Gasteiger partial charge is 0.496 e. The Bertz CT molecular complexity index is 382. The topological polar surface area (TPSA) is 18.5 Å². The van der Waals surface area contributed by atoms with E-state index in [1.807, 2.05) is 12.1 Å². The first kappa shape index (κ1) is 14.7. The van der Waals surface area contributed by atoms with Crippen molar-refractivity contribution in [2.45, 2.75) is 19.8 Å². The van der Waals surface area contributed by atoms with Gasteiger partial charge in [-0.15, -0.1) is 0 Å². The van der Waals surface area contributed by atoms with Gasteiger partial charge in [0.25, 0.3) is 0 Å². The molecule has 2 unspecified atom stereocenters. The summed E-state index contributed by atoms with van der Waals surface area (Å²) in [6.07, 6.45) is 0. The van der Waals surface area contributed by atoms with Gasteiger partial charge in [-0.3, -0.25) is 0 Å². The fraction of sp³-hybridized carbons (Fsp3) is 0.538. The molecule has 0 amide bonds. The second-order valence-corrected chi connectivity index (χ2v) is 5.20. The van der Waals surface area contributed by atoms with E-state index < -0.39 is 0 Å². The summed E-state index contributed by atoms with van der Waals surface area (Å²) in [5, 5.41) is 1.52. The van der Waals surface area contributed by atoms with Gasteiger partial charge in [-0.25, -0.2) is 0 Å². The summed E-state index contributed by atoms with van der Waals surface area (Å²) < 4.78 is 10.6. The van der Waals surface area contributed by atoms with Crippen molar-refractivity contribution in [2.24, 2.45) is 5.92 Å². The van der Waals surface area contributed by atoms with Crippen molar-refractivity contribution >= 4 is 27.5 Å². The smallest absolute Gasteiger partial charge is 0.138 e. The van der Waals surface area contributed by atoms with Crippen molar-refractivity contribution < 1.29 is 9.47 Å². The Hall–Kier alpha value is -0.410. The van der Waals surface area contributed by atoms with Gasteiger partial charge in [-0.1, -0.05) is 41.4 Å². The highest BCUT2D eigenvalue weighted by molar-refractivity contribution is 9.09. The summed E-state index contributed by atoms with van der Waals surface area (Å²) in [6, 6.07) is 3.78. The normalized spacial score (nSPS) is 14.2. The Morgan fingerprint density at radius 2 is 1.76 bits per heavy atom. The molecule has 0 radical (unpaired) electrons. The zero-order valence-corrected chi connectivity index (χ0v) is 12.9. The average molecular weight is 322 g/mol. The second-order valence-electron chi connectivity index (χ2n) is 4.15. The van der Waals surface area contributed by atoms with Crippen LogP contribution in [-0.2, 0) is 0 Å². The SMILES string of the molecule is COc1cc(C(C)C(C)CBr)c(OC)cc1Cl. The van der Waals surface area contributed by atoms with Gasteiger partial charge in [0.1, 0.15) is 11.5 Å². The van der Waals surface area contributed by atoms with Gasteiger partial charge in [0.05, 0.1) is 19.2 Å². The molecule has 0 aliphatic rings. The zero-order chi connectivity index (χ0) is 13.0. The first-order valence-electron chi connectivity index (χ1n) is 5.52. The summed E-state index contributed by atoms with van der Waals surface area (Å²) >= 11 is 9.60. The summed E-state index contributed by atoms with van der Waals surface area (Å²) in [4.78, 5) is 0. The van der Waals surface area contributed by atoms with Crippen LogP contribution in [0.2, 0.25) is 5.02 Å². The Morgan fingerprint density at radius 3 is 2.24 bits per heavy atom. The van der Waals surface area contributed by atoms with Crippen LogP contribution in [0, 0.1) is 5.92 Å². The molecule has 1 aromatic rings. The van der Waals surface area contributed by atoms with E-state index >= 15 is 0 Å². The predicted molar refractivity (Wildman–Crippen MR) is 75.9 cm³/mol. The maximum Gasteiger partial charge on any atom is 0.138 e. The molecule has 0 aliphatic heterocycles. The number of rotatable bonds is 5. The van der Waals surface area contributed by atoms with E-state index in [1.165, 1.54) is 0 Å². The molecule has 0 saturated heterocycles. The number of hydrogen-bond acceptors (Lipinski definition) is 2. The van der Waals surface area contributed by atoms with Crippen LogP contribution >= 0.6 is 27.5 Å². The van der Waals surface area contributed by atoms with Crippen LogP contribution in [0.4, 0.5) is 0 Å². The van der Waals surface area contributed by atoms with Crippen LogP contribution in [0.15, 0.2) is 12.1 Å². The highest BCUT2D eigenvalue weighted by atomic mass is 79.9. The van der Waals surface area contributed by atoms with Crippen LogP contribution in [0.25, 0.3) is 0 Å². The van der Waals surface area contributed by atoms with E-state index in [2.05, 4.69) is 29.8 Å². The third-order valence-corrected chi connectivity index (χ3v) is 4.41. The summed E-state index contributed by atoms with van der Waals surface area (Å²) in [5.41, 5.74) is 1.13. The Labute approximate surface area is 116 Å². The molecule has 2 nitrogen and oxygen atoms in total. The number of halogens is 2. The van der Waals surface area contributed by atoms with Gasteiger partial charge in [0.2, 0.25) is 0 Å². The van der Waals surface area contributed by atoms with Gasteiger partial charge >= 0.3 is 0 Å². The Morgan fingerprint density at radius 1 is 1.18 bits per heavy atom. The van der Waals surface area contributed by atoms with Crippen LogP contribution in [0.5, 0.6) is 11.5 Å². The standard InChI is InChI=1S/C13H18BrClO2/c1-8(7-14)9(2)10-5-13(17-4)11(15)6-12(10)16-3/h5-6,8-9H,7H2,1-4H3. The van der Waals surface area contributed by atoms with Crippen molar-refractivity contribution in [2.75, 3.05) is 19.5 Å². The number of hydrogen-bond donors (Lipinski definition) is 0. The molecule has 0 N–H and O–H groups in total. The molecule has 96 valence electrons. The fourth-order valence-electron chi connectivity index (χ4n) is 1.68. The molecule has 0 aromatic heterocycles. The molecular formula is C13H18BrClO2. The first-order chi connectivity index (χ1) is 8.04. The van der Waals surface area contributed by atoms with Crippen molar-refractivity contribution in [3.8, 4) is 11.5 Å². The molecule has 17 heavy (non-hydrogen) atoms. The molecule has 0 saturated carbocycles. The van der Waals surface area contributed by atoms with Crippen molar-refractivity contribution in [1.82, 2.24) is 0 Å². The molecule has 1 aromatic carbocycles. The molecule has 0 fully saturated rings. The summed E-state index contributed by atoms with van der Waals surface area (Å²) in [5.74, 6) is 2.39. The Kier molecular flexibility index (Phi) is 5.60. The molecular weight excluding hydrogens is 303 g/mol. The van der Waals surface area contributed by atoms with Crippen LogP contribution in [-0.4, -0.2) is 19.5 Å². The monoisotopic (exact) mass is 320 g/mol. The van der Waals surface area contributed by atoms with Gasteiger partial charge in [-0.05, 0) is 17.9 Å². The number of methoxy groups -OCH3 is 2. The van der Waals surface area contributed by atoms with Crippen LogP contribution < -0.4 is 9.47 Å². The van der Waals surface area contributed by atoms with Crippen molar-refractivity contribution in [1.29, 1.82) is 0 Å². The molecule has 0 spiro atoms. The minimum Gasteiger partial charge on any atom is -0.496 e. The maximum absolute atomic E-state index is 6.08. The molecule has 0 heterocycles. The molecule has 0 bridgehead atoms. The number of ether oxygens (including phenoxy) is 2. The predicted octanol–water partition coefficient (Wildman–Crippen LogP) is 4.49. The van der Waals surface area contributed by atoms with Crippen LogP contribution in [0.3, 0.4) is 0 Å². The highest BCUT2D eigenvalue weighted by Crippen LogP contribution is 2.39. The Balaban J connectivity index is 3.20. The van der Waals surface area contributed by atoms with Crippen LogP contribution in [0.1, 0.15) is 25.3 Å². The zero-order valence-electron chi connectivity index (χ0n) is 10.6. The lowest BCUT2D eigenvalue weighted by atomic mass is 9.89. The van der Waals surface area contributed by atoms with Crippen molar-refractivity contribution in [3.05, 3.63) is 22.7 Å². The molecule has 2 atom stereocenters. The van der Waals surface area contributed by atoms with E-state index in [1.54, 1.807) is 14.2 Å². The van der Waals surface area contributed by atoms with E-state index in [-0.39, 0.29) is 0 Å². The van der Waals surface area contributed by atoms with E-state index in [0.29, 0.717) is 22.6 Å². The second kappa shape index (κ2) is 6.50. The molecule has 4 heteroatoms. The highest BCUT2D eigenvalue weighted by Gasteiger charge is 2.19. The van der Waals surface area contributed by atoms with Gasteiger partial charge in [-0.2, -0.15) is 0 Å². The molecule has 1 rings (SSSR count). The maximum atomic E-state index is 6.08. The molecule has 0 aliphatic carbocycles. The lowest BCUT2D eigenvalue weighted by Crippen LogP contribution is -2.09. The number of alkyl halides is 1. The minimum absolute atomic E-state index is 0.371. The lowest BCUT2D eigenvalue weighted by Gasteiger charge is -2.21. The fourth-order valence-corrected chi connectivity index (χ4v) is 2.47. The van der Waals surface area contributed by atoms with E-state index in [0.717, 1.165) is 16.6 Å². The number of benzene rings is 1. The van der Waals surface area contributed by atoms with E-state index in [9.17, 15) is 0 Å². The lowest BCUT2D eigenvalue weighted by molar-refractivity contribution is 0.390. The summed E-state index contributed by atoms with van der Waals surface area (Å²) in [7, 11) is 3.28. The summed E-state index contributed by atoms with van der Waals surface area (Å²) in [6.45, 7) is 4.37. The third-order valence-electron chi connectivity index (χ3n) is 3.09. The quantitative estimate of drug-likeness (QED) is 0.744. The average Bonchev–Trinajstić information content (AvgIpc) is 2.36. The minimum atomic E-state index is 0.371. The van der Waals surface area contributed by atoms with Crippen molar-refractivity contribution in [3.63, 3.8) is 0 Å². The van der Waals surface area contributed by atoms with Gasteiger partial charge in [0.15, 0.2) is 0 Å².